The lowest BCUT2D eigenvalue weighted by atomic mass is 9.47. The van der Waals surface area contributed by atoms with Crippen molar-refractivity contribution in [3.63, 3.8) is 0 Å². The summed E-state index contributed by atoms with van der Waals surface area (Å²) in [6.07, 6.45) is 18.7. The molecular formula is C34H64N3O2P. The number of nitrogens with one attached hydrogen (secondary N) is 3. The molecule has 6 heteroatoms. The van der Waals surface area contributed by atoms with Crippen molar-refractivity contribution in [2.24, 2.45) is 39.9 Å². The largest absolute Gasteiger partial charge is 0.362 e. The van der Waals surface area contributed by atoms with Gasteiger partial charge in [-0.2, -0.15) is 0 Å². The Bertz CT molecular complexity index is 802. The molecule has 40 heavy (non-hydrogen) atoms. The minimum atomic E-state index is 0.417. The van der Waals surface area contributed by atoms with Crippen LogP contribution in [0.3, 0.4) is 0 Å². The summed E-state index contributed by atoms with van der Waals surface area (Å²) >= 11 is 0. The monoisotopic (exact) mass is 577 g/mol. The summed E-state index contributed by atoms with van der Waals surface area (Å²) in [4.78, 5) is 17.1. The Morgan fingerprint density at radius 1 is 1.07 bits per heavy atom. The zero-order valence-corrected chi connectivity index (χ0v) is 28.4. The van der Waals surface area contributed by atoms with Crippen molar-refractivity contribution < 1.29 is 9.59 Å². The Labute approximate surface area is 250 Å². The van der Waals surface area contributed by atoms with Crippen LogP contribution in [0.2, 0.25) is 0 Å². The van der Waals surface area contributed by atoms with E-state index in [4.69, 9.17) is 9.59 Å². The maximum Gasteiger partial charge on any atom is 0.206 e. The van der Waals surface area contributed by atoms with Gasteiger partial charge in [0.25, 0.3) is 0 Å². The number of carbonyl (C=O) groups is 2. The van der Waals surface area contributed by atoms with E-state index in [0.717, 1.165) is 29.7 Å². The fourth-order valence-electron chi connectivity index (χ4n) is 9.09. The molecule has 0 spiro atoms. The molecule has 4 rings (SSSR count). The summed E-state index contributed by atoms with van der Waals surface area (Å²) in [5.41, 5.74) is 3.21. The highest BCUT2D eigenvalue weighted by Gasteiger charge is 2.58. The molecule has 4 aliphatic rings. The van der Waals surface area contributed by atoms with Crippen molar-refractivity contribution in [3.8, 4) is 0 Å². The first-order valence-electron chi connectivity index (χ1n) is 15.8. The number of hydrogen-bond donors (Lipinski definition) is 3. The number of amides is 1. The number of fused-ring (bicyclic) bond motifs is 3. The quantitative estimate of drug-likeness (QED) is 0.230. The van der Waals surface area contributed by atoms with E-state index in [0.29, 0.717) is 28.7 Å². The third-order valence-electron chi connectivity index (χ3n) is 11.4. The van der Waals surface area contributed by atoms with Crippen LogP contribution in [0.15, 0.2) is 24.3 Å². The van der Waals surface area contributed by atoms with E-state index >= 15 is 0 Å². The smallest absolute Gasteiger partial charge is 0.206 e. The average Bonchev–Trinajstić information content (AvgIpc) is 3.49. The van der Waals surface area contributed by atoms with Gasteiger partial charge >= 0.3 is 0 Å². The van der Waals surface area contributed by atoms with Gasteiger partial charge in [-0.25, -0.2) is 0 Å². The van der Waals surface area contributed by atoms with E-state index in [2.05, 4.69) is 86.4 Å². The fourth-order valence-corrected chi connectivity index (χ4v) is 9.90. The fraction of sp³-hybridized carbons (Fsp3) is 0.824. The van der Waals surface area contributed by atoms with Crippen molar-refractivity contribution in [2.45, 2.75) is 111 Å². The Hall–Kier alpha value is -1.03. The van der Waals surface area contributed by atoms with E-state index in [1.54, 1.807) is 12.6 Å². The summed E-state index contributed by atoms with van der Waals surface area (Å²) in [6, 6.07) is 1.39. The van der Waals surface area contributed by atoms with E-state index in [1.165, 1.54) is 70.5 Å². The molecule has 3 N–H and O–H groups in total. The first kappa shape index (κ1) is 37.0. The number of carbonyl (C=O) groups excluding carboxylic acids is 2. The van der Waals surface area contributed by atoms with Gasteiger partial charge in [0.1, 0.15) is 6.79 Å². The molecule has 0 aromatic carbocycles. The van der Waals surface area contributed by atoms with Crippen LogP contribution < -0.4 is 16.0 Å². The molecule has 232 valence electrons. The molecule has 4 fully saturated rings. The normalized spacial score (nSPS) is 37.1. The molecule has 3 aliphatic carbocycles. The van der Waals surface area contributed by atoms with Crippen LogP contribution in [0.5, 0.6) is 0 Å². The maximum atomic E-state index is 9.06. The van der Waals surface area contributed by atoms with Gasteiger partial charge in [-0.3, -0.25) is 4.79 Å². The SMILES string of the molecule is C=C/C=C1/CCC2C(CCC3(C)C(C(C)NC)CCC23)C1(C)CCC.C=O.CC1(C)CCNC1CP.CNC=O. The Balaban J connectivity index is 0.000000440. The zero-order valence-electron chi connectivity index (χ0n) is 27.3. The Morgan fingerprint density at radius 3 is 2.17 bits per heavy atom. The topological polar surface area (TPSA) is 70.2 Å². The third kappa shape index (κ3) is 8.29. The Morgan fingerprint density at radius 2 is 1.73 bits per heavy atom. The highest BCUT2D eigenvalue weighted by Crippen LogP contribution is 2.66. The van der Waals surface area contributed by atoms with E-state index < -0.39 is 0 Å². The van der Waals surface area contributed by atoms with Gasteiger partial charge in [-0.1, -0.05) is 65.3 Å². The van der Waals surface area contributed by atoms with Gasteiger partial charge in [0, 0.05) is 19.1 Å². The third-order valence-corrected chi connectivity index (χ3v) is 11.9. The lowest BCUT2D eigenvalue weighted by molar-refractivity contribution is -0.109. The second-order valence-corrected chi connectivity index (χ2v) is 14.2. The highest BCUT2D eigenvalue weighted by atomic mass is 31.0. The molecule has 3 saturated carbocycles. The van der Waals surface area contributed by atoms with Gasteiger partial charge in [0.2, 0.25) is 6.41 Å². The van der Waals surface area contributed by atoms with Crippen molar-refractivity contribution >= 4 is 22.4 Å². The van der Waals surface area contributed by atoms with Gasteiger partial charge < -0.3 is 20.7 Å². The molecule has 0 bridgehead atoms. The molecule has 9 unspecified atom stereocenters. The molecule has 0 aromatic rings. The summed E-state index contributed by atoms with van der Waals surface area (Å²) in [5.74, 6) is 3.67. The first-order chi connectivity index (χ1) is 19.0. The first-order valence-corrected chi connectivity index (χ1v) is 16.6. The summed E-state index contributed by atoms with van der Waals surface area (Å²) < 4.78 is 0. The van der Waals surface area contributed by atoms with Gasteiger partial charge in [0.15, 0.2) is 0 Å². The summed E-state index contributed by atoms with van der Waals surface area (Å²) in [5, 5.41) is 9.30. The van der Waals surface area contributed by atoms with Crippen LogP contribution >= 0.6 is 9.24 Å². The van der Waals surface area contributed by atoms with Crippen LogP contribution in [0.1, 0.15) is 99.3 Å². The van der Waals surface area contributed by atoms with Gasteiger partial charge in [-0.15, -0.1) is 9.24 Å². The minimum absolute atomic E-state index is 0.417. The lowest BCUT2D eigenvalue weighted by Gasteiger charge is -2.58. The predicted octanol–water partition coefficient (Wildman–Crippen LogP) is 6.79. The molecular weight excluding hydrogens is 513 g/mol. The van der Waals surface area contributed by atoms with Crippen molar-refractivity contribution in [1.82, 2.24) is 16.0 Å². The molecule has 1 saturated heterocycles. The van der Waals surface area contributed by atoms with E-state index in [9.17, 15) is 0 Å². The molecule has 9 atom stereocenters. The van der Waals surface area contributed by atoms with Crippen LogP contribution in [0, 0.1) is 39.9 Å². The number of hydrogen-bond acceptors (Lipinski definition) is 4. The van der Waals surface area contributed by atoms with Crippen LogP contribution in [0.25, 0.3) is 0 Å². The molecule has 5 nitrogen and oxygen atoms in total. The second kappa shape index (κ2) is 17.2. The van der Waals surface area contributed by atoms with Crippen molar-refractivity contribution in [3.05, 3.63) is 24.3 Å². The zero-order chi connectivity index (χ0) is 30.6. The predicted molar refractivity (Wildman–Crippen MR) is 177 cm³/mol. The molecule has 1 amide bonds. The van der Waals surface area contributed by atoms with Crippen LogP contribution in [0.4, 0.5) is 0 Å². The van der Waals surface area contributed by atoms with Crippen LogP contribution in [-0.4, -0.2) is 52.1 Å². The molecule has 0 aromatic heterocycles. The second-order valence-electron chi connectivity index (χ2n) is 13.7. The summed E-state index contributed by atoms with van der Waals surface area (Å²) in [6.45, 7) is 21.9. The van der Waals surface area contributed by atoms with E-state index in [-0.39, 0.29) is 0 Å². The van der Waals surface area contributed by atoms with Crippen molar-refractivity contribution in [1.29, 1.82) is 0 Å². The Kier molecular flexibility index (Phi) is 15.9. The van der Waals surface area contributed by atoms with Crippen molar-refractivity contribution in [2.75, 3.05) is 26.8 Å². The highest BCUT2D eigenvalue weighted by molar-refractivity contribution is 7.16. The van der Waals surface area contributed by atoms with Gasteiger partial charge in [0.05, 0.1) is 0 Å². The minimum Gasteiger partial charge on any atom is -0.362 e. The maximum absolute atomic E-state index is 9.06. The summed E-state index contributed by atoms with van der Waals surface area (Å²) in [7, 11) is 6.52. The standard InChI is InChI=1S/C24H41N.C7H16NP.C2H5NO.CH2O/c1-7-9-18-10-11-19-21-13-12-20(17(3)25-6)24(21,5)16-14-22(19)23(18,4)15-8-2;1-7(2)3-4-8-6(7)5-9;1-3-2-4;1-2/h7,9,17,19-22,25H,1,8,10-16H2,2-6H3;6,8H,3-5,9H2,1-2H3;2H,1H3,(H,3,4);1H2/b18-9-;;;. The molecule has 1 aliphatic heterocycles. The molecule has 1 heterocycles. The number of allylic oxidation sites excluding steroid dienone is 3. The van der Waals surface area contributed by atoms with Crippen LogP contribution in [-0.2, 0) is 9.59 Å². The molecule has 0 radical (unpaired) electrons. The lowest BCUT2D eigenvalue weighted by Crippen LogP contribution is -2.51. The number of rotatable bonds is 7. The van der Waals surface area contributed by atoms with E-state index in [1.807, 2.05) is 12.9 Å². The van der Waals surface area contributed by atoms with Gasteiger partial charge in [-0.05, 0) is 118 Å². The average molecular weight is 578 g/mol.